The molecule has 170 valence electrons. The third kappa shape index (κ3) is 6.56. The summed E-state index contributed by atoms with van der Waals surface area (Å²) in [5.74, 6) is -2.29. The molecule has 2 aromatic rings. The lowest BCUT2D eigenvalue weighted by Crippen LogP contribution is -2.32. The topological polar surface area (TPSA) is 151 Å². The van der Waals surface area contributed by atoms with Crippen molar-refractivity contribution in [2.24, 2.45) is 0 Å². The van der Waals surface area contributed by atoms with E-state index in [9.17, 15) is 28.0 Å². The molecule has 9 nitrogen and oxygen atoms in total. The number of rotatable bonds is 10. The summed E-state index contributed by atoms with van der Waals surface area (Å²) < 4.78 is 44.1. The number of carbonyl (C=O) groups is 2. The molecule has 0 amide bonds. The minimum absolute atomic E-state index is 0.102. The molecule has 0 unspecified atom stereocenters. The van der Waals surface area contributed by atoms with E-state index in [0.29, 0.717) is 0 Å². The summed E-state index contributed by atoms with van der Waals surface area (Å²) in [7, 11) is 0. The summed E-state index contributed by atoms with van der Waals surface area (Å²) in [6.07, 6.45) is -5.59. The maximum absolute atomic E-state index is 13.0. The molecule has 1 atom stereocenters. The zero-order chi connectivity index (χ0) is 23.9. The van der Waals surface area contributed by atoms with E-state index in [1.807, 2.05) is 6.07 Å². The predicted octanol–water partition coefficient (Wildman–Crippen LogP) is 2.81. The average molecular weight is 451 g/mol. The molecule has 32 heavy (non-hydrogen) atoms. The number of hydrogen-bond donors (Lipinski definition) is 3. The Morgan fingerprint density at radius 1 is 1.34 bits per heavy atom. The van der Waals surface area contributed by atoms with Gasteiger partial charge in [0, 0.05) is 12.8 Å². The number of aliphatic carboxylic acids is 1. The minimum atomic E-state index is -4.57. The van der Waals surface area contributed by atoms with Crippen LogP contribution in [-0.2, 0) is 22.2 Å². The second-order valence-corrected chi connectivity index (χ2v) is 6.63. The number of nitrogens with one attached hydrogen (secondary N) is 1. The summed E-state index contributed by atoms with van der Waals surface area (Å²) in [5, 5.41) is 21.1. The van der Waals surface area contributed by atoms with Crippen molar-refractivity contribution in [3.63, 3.8) is 0 Å². The van der Waals surface area contributed by atoms with Gasteiger partial charge < -0.3 is 20.9 Å². The van der Waals surface area contributed by atoms with E-state index in [2.05, 4.69) is 15.3 Å². The number of ketones is 1. The van der Waals surface area contributed by atoms with Gasteiger partial charge >= 0.3 is 12.1 Å². The molecule has 0 fully saturated rings. The van der Waals surface area contributed by atoms with Crippen LogP contribution in [0.1, 0.15) is 36.5 Å². The molecule has 0 spiro atoms. The molecule has 1 aromatic carbocycles. The number of carbonyl (C=O) groups excluding carboxylic acids is 1. The first-order chi connectivity index (χ1) is 15.0. The van der Waals surface area contributed by atoms with E-state index in [-0.39, 0.29) is 41.8 Å². The molecule has 1 aromatic heterocycles. The summed E-state index contributed by atoms with van der Waals surface area (Å²) >= 11 is 0. The number of anilines is 2. The highest BCUT2D eigenvalue weighted by molar-refractivity contribution is 5.89. The van der Waals surface area contributed by atoms with Crippen LogP contribution in [0.4, 0.5) is 24.9 Å². The highest BCUT2D eigenvalue weighted by Gasteiger charge is 2.31. The molecule has 0 saturated carbocycles. The Labute approximate surface area is 181 Å². The number of nitrogens with two attached hydrogens (primary N) is 1. The first-order valence-corrected chi connectivity index (χ1v) is 9.42. The van der Waals surface area contributed by atoms with Crippen LogP contribution < -0.4 is 15.8 Å². The molecular weight excluding hydrogens is 431 g/mol. The predicted molar refractivity (Wildman–Crippen MR) is 107 cm³/mol. The van der Waals surface area contributed by atoms with Crippen LogP contribution in [0.25, 0.3) is 0 Å². The van der Waals surface area contributed by atoms with Crippen molar-refractivity contribution in [2.45, 2.75) is 38.4 Å². The third-order valence-electron chi connectivity index (χ3n) is 4.27. The van der Waals surface area contributed by atoms with Crippen molar-refractivity contribution in [2.75, 3.05) is 17.7 Å². The highest BCUT2D eigenvalue weighted by atomic mass is 19.4. The zero-order valence-corrected chi connectivity index (χ0v) is 16.9. The van der Waals surface area contributed by atoms with Gasteiger partial charge in [0.05, 0.1) is 18.2 Å². The quantitative estimate of drug-likeness (QED) is 0.495. The molecule has 12 heteroatoms. The lowest BCUT2D eigenvalue weighted by Gasteiger charge is -2.19. The normalized spacial score (nSPS) is 12.0. The molecular formula is C20H20F3N5O4. The molecule has 2 rings (SSSR count). The van der Waals surface area contributed by atoms with Crippen molar-refractivity contribution in [3.05, 3.63) is 41.0 Å². The SMILES string of the molecule is CCOc1nc(N)nc(N[C@@H](CCC(=O)O)C(=O)Cc2cccc(C(F)(F)F)c2)c1C#N. The van der Waals surface area contributed by atoms with E-state index in [1.54, 1.807) is 6.92 Å². The fourth-order valence-corrected chi connectivity index (χ4v) is 2.83. The Bertz CT molecular complexity index is 1040. The largest absolute Gasteiger partial charge is 0.481 e. The van der Waals surface area contributed by atoms with Crippen LogP contribution in [0.3, 0.4) is 0 Å². The van der Waals surface area contributed by atoms with Crippen LogP contribution in [0.15, 0.2) is 24.3 Å². The number of hydrogen-bond acceptors (Lipinski definition) is 8. The monoisotopic (exact) mass is 451 g/mol. The molecule has 1 heterocycles. The summed E-state index contributed by atoms with van der Waals surface area (Å²) in [6.45, 7) is 1.82. The van der Waals surface area contributed by atoms with E-state index in [4.69, 9.17) is 15.6 Å². The molecule has 0 aliphatic heterocycles. The first kappa shape index (κ1) is 24.4. The van der Waals surface area contributed by atoms with Gasteiger partial charge in [0.1, 0.15) is 6.07 Å². The first-order valence-electron chi connectivity index (χ1n) is 9.42. The molecule has 0 radical (unpaired) electrons. The number of aromatic nitrogens is 2. The molecule has 0 aliphatic rings. The summed E-state index contributed by atoms with van der Waals surface area (Å²) in [5.41, 5.74) is 4.68. The minimum Gasteiger partial charge on any atom is -0.481 e. The number of carboxylic acid groups (broad SMARTS) is 1. The fourth-order valence-electron chi connectivity index (χ4n) is 2.83. The van der Waals surface area contributed by atoms with Gasteiger partial charge in [-0.3, -0.25) is 9.59 Å². The molecule has 4 N–H and O–H groups in total. The number of carboxylic acids is 1. The third-order valence-corrected chi connectivity index (χ3v) is 4.27. The number of ether oxygens (including phenoxy) is 1. The number of alkyl halides is 3. The van der Waals surface area contributed by atoms with Gasteiger partial charge in [0.15, 0.2) is 17.2 Å². The Balaban J connectivity index is 2.34. The van der Waals surface area contributed by atoms with Gasteiger partial charge in [-0.15, -0.1) is 0 Å². The van der Waals surface area contributed by atoms with Crippen LogP contribution in [-0.4, -0.2) is 39.5 Å². The number of Topliss-reactive ketones (excluding diaryl/α,β-unsaturated/α-hetero) is 1. The standard InChI is InChI=1S/C20H20F3N5O4/c1-2-32-18-13(10-24)17(27-19(25)28-18)26-14(6-7-16(30)31)15(29)9-11-4-3-5-12(8-11)20(21,22)23/h3-5,8,14H,2,6-7,9H2,1H3,(H,30,31)(H3,25,26,27,28)/t14-/m0/s1. The van der Waals surface area contributed by atoms with Crippen molar-refractivity contribution < 1.29 is 32.6 Å². The lowest BCUT2D eigenvalue weighted by atomic mass is 9.98. The number of nitriles is 1. The second-order valence-electron chi connectivity index (χ2n) is 6.63. The van der Waals surface area contributed by atoms with Crippen LogP contribution in [0.2, 0.25) is 0 Å². The average Bonchev–Trinajstić information content (AvgIpc) is 2.70. The summed E-state index contributed by atoms with van der Waals surface area (Å²) in [4.78, 5) is 31.6. The van der Waals surface area contributed by atoms with Crippen molar-refractivity contribution in [3.8, 4) is 11.9 Å². The van der Waals surface area contributed by atoms with Gasteiger partial charge in [-0.05, 0) is 25.0 Å². The van der Waals surface area contributed by atoms with Gasteiger partial charge in [-0.1, -0.05) is 18.2 Å². The Hall–Kier alpha value is -3.88. The lowest BCUT2D eigenvalue weighted by molar-refractivity contribution is -0.138. The number of benzene rings is 1. The smallest absolute Gasteiger partial charge is 0.416 e. The number of nitrogen functional groups attached to an aromatic ring is 1. The highest BCUT2D eigenvalue weighted by Crippen LogP contribution is 2.30. The maximum Gasteiger partial charge on any atom is 0.416 e. The van der Waals surface area contributed by atoms with E-state index >= 15 is 0 Å². The Morgan fingerprint density at radius 3 is 2.66 bits per heavy atom. The molecule has 0 aliphatic carbocycles. The van der Waals surface area contributed by atoms with Crippen LogP contribution in [0.5, 0.6) is 5.88 Å². The summed E-state index contributed by atoms with van der Waals surface area (Å²) in [6, 6.07) is 4.94. The van der Waals surface area contributed by atoms with Crippen molar-refractivity contribution >= 4 is 23.5 Å². The van der Waals surface area contributed by atoms with Gasteiger partial charge in [0.2, 0.25) is 11.8 Å². The molecule has 0 saturated heterocycles. The van der Waals surface area contributed by atoms with Gasteiger partial charge in [-0.25, -0.2) is 0 Å². The number of nitrogens with zero attached hydrogens (tertiary/aromatic N) is 3. The molecule has 0 bridgehead atoms. The Kier molecular flexibility index (Phi) is 7.95. The van der Waals surface area contributed by atoms with Crippen molar-refractivity contribution in [1.29, 1.82) is 5.26 Å². The van der Waals surface area contributed by atoms with E-state index in [1.165, 1.54) is 12.1 Å². The van der Waals surface area contributed by atoms with E-state index < -0.39 is 42.4 Å². The van der Waals surface area contributed by atoms with Crippen LogP contribution >= 0.6 is 0 Å². The van der Waals surface area contributed by atoms with Gasteiger partial charge in [0.25, 0.3) is 0 Å². The Morgan fingerprint density at radius 2 is 2.06 bits per heavy atom. The van der Waals surface area contributed by atoms with E-state index in [0.717, 1.165) is 12.1 Å². The zero-order valence-electron chi connectivity index (χ0n) is 16.9. The fraction of sp³-hybridized carbons (Fsp3) is 0.350. The second kappa shape index (κ2) is 10.4. The number of halogens is 3. The van der Waals surface area contributed by atoms with Crippen LogP contribution in [0, 0.1) is 11.3 Å². The van der Waals surface area contributed by atoms with Gasteiger partial charge in [-0.2, -0.15) is 28.4 Å². The van der Waals surface area contributed by atoms with Crippen molar-refractivity contribution in [1.82, 2.24) is 9.97 Å². The maximum atomic E-state index is 13.0.